The number of carbonyl (C=O) groups excluding carboxylic acids is 1. The first-order valence-corrected chi connectivity index (χ1v) is 7.26. The first-order valence-electron chi connectivity index (χ1n) is 6.50. The summed E-state index contributed by atoms with van der Waals surface area (Å²) in [5, 5.41) is 4.17. The van der Waals surface area contributed by atoms with Gasteiger partial charge < -0.3 is 10.2 Å². The number of rotatable bonds is 3. The number of nitrogens with zero attached hydrogens (tertiary/aromatic N) is 1. The van der Waals surface area contributed by atoms with E-state index in [4.69, 9.17) is 23.2 Å². The molecule has 1 amide bonds. The number of benzene rings is 1. The fourth-order valence-electron chi connectivity index (χ4n) is 2.54. The van der Waals surface area contributed by atoms with Crippen LogP contribution in [-0.4, -0.2) is 37.5 Å². The first kappa shape index (κ1) is 17.6. The minimum atomic E-state index is -0.0201. The lowest BCUT2D eigenvalue weighted by Crippen LogP contribution is -2.42. The van der Waals surface area contributed by atoms with E-state index in [9.17, 15) is 4.79 Å². The lowest BCUT2D eigenvalue weighted by Gasteiger charge is -2.33. The highest BCUT2D eigenvalue weighted by Crippen LogP contribution is 2.24. The van der Waals surface area contributed by atoms with Crippen LogP contribution in [0, 0.1) is 5.92 Å². The van der Waals surface area contributed by atoms with Gasteiger partial charge in [0.15, 0.2) is 0 Å². The van der Waals surface area contributed by atoms with E-state index in [1.54, 1.807) is 18.2 Å². The summed E-state index contributed by atoms with van der Waals surface area (Å²) in [6, 6.07) is 5.01. The Labute approximate surface area is 136 Å². The molecule has 1 N–H and O–H groups in total. The van der Waals surface area contributed by atoms with Crippen LogP contribution in [0.3, 0.4) is 0 Å². The predicted molar refractivity (Wildman–Crippen MR) is 86.3 cm³/mol. The number of likely N-dealkylation sites (tertiary alicyclic amines) is 1. The number of halogens is 3. The van der Waals surface area contributed by atoms with E-state index in [-0.39, 0.29) is 18.3 Å². The van der Waals surface area contributed by atoms with Gasteiger partial charge in [-0.05, 0) is 50.6 Å². The molecule has 0 radical (unpaired) electrons. The Balaban J connectivity index is 0.00000200. The van der Waals surface area contributed by atoms with Crippen molar-refractivity contribution in [3.8, 4) is 0 Å². The van der Waals surface area contributed by atoms with Gasteiger partial charge in [0, 0.05) is 18.1 Å². The molecular formula is C14H19Cl3N2O. The van der Waals surface area contributed by atoms with Crippen LogP contribution >= 0.6 is 35.6 Å². The average molecular weight is 338 g/mol. The summed E-state index contributed by atoms with van der Waals surface area (Å²) in [5.74, 6) is 0.494. The second kappa shape index (κ2) is 8.08. The normalized spacial score (nSPS) is 18.6. The Morgan fingerprint density at radius 3 is 2.90 bits per heavy atom. The second-order valence-electron chi connectivity index (χ2n) is 4.94. The van der Waals surface area contributed by atoms with Gasteiger partial charge in [-0.3, -0.25) is 4.79 Å². The molecule has 2 rings (SSSR count). The van der Waals surface area contributed by atoms with Crippen molar-refractivity contribution in [3.05, 3.63) is 33.8 Å². The van der Waals surface area contributed by atoms with Gasteiger partial charge in [0.25, 0.3) is 5.91 Å². The van der Waals surface area contributed by atoms with E-state index < -0.39 is 0 Å². The number of piperidine rings is 1. The Kier molecular flexibility index (Phi) is 7.10. The zero-order valence-corrected chi connectivity index (χ0v) is 13.7. The van der Waals surface area contributed by atoms with Gasteiger partial charge in [-0.2, -0.15) is 0 Å². The highest BCUT2D eigenvalue weighted by molar-refractivity contribution is 6.35. The topological polar surface area (TPSA) is 32.3 Å². The van der Waals surface area contributed by atoms with Crippen LogP contribution in [-0.2, 0) is 0 Å². The van der Waals surface area contributed by atoms with Gasteiger partial charge in [-0.1, -0.05) is 23.2 Å². The Morgan fingerprint density at radius 2 is 2.20 bits per heavy atom. The number of carbonyl (C=O) groups is 1. The maximum Gasteiger partial charge on any atom is 0.255 e. The lowest BCUT2D eigenvalue weighted by molar-refractivity contribution is 0.0674. The number of hydrogen-bond donors (Lipinski definition) is 1. The molecule has 1 heterocycles. The molecule has 1 aliphatic heterocycles. The van der Waals surface area contributed by atoms with Crippen molar-refractivity contribution in [2.75, 3.05) is 26.7 Å². The first-order chi connectivity index (χ1) is 9.11. The van der Waals surface area contributed by atoms with Crippen molar-refractivity contribution >= 4 is 41.5 Å². The molecule has 1 fully saturated rings. The van der Waals surface area contributed by atoms with Crippen LogP contribution < -0.4 is 5.32 Å². The molecule has 112 valence electrons. The molecule has 20 heavy (non-hydrogen) atoms. The molecule has 1 saturated heterocycles. The fourth-order valence-corrected chi connectivity index (χ4v) is 2.91. The smallest absolute Gasteiger partial charge is 0.255 e. The van der Waals surface area contributed by atoms with Crippen LogP contribution in [0.1, 0.15) is 23.2 Å². The van der Waals surface area contributed by atoms with E-state index in [0.29, 0.717) is 21.5 Å². The van der Waals surface area contributed by atoms with E-state index in [1.807, 2.05) is 11.9 Å². The van der Waals surface area contributed by atoms with Gasteiger partial charge in [0.2, 0.25) is 0 Å². The summed E-state index contributed by atoms with van der Waals surface area (Å²) >= 11 is 12.0. The zero-order valence-electron chi connectivity index (χ0n) is 11.4. The molecule has 1 aromatic rings. The highest BCUT2D eigenvalue weighted by Gasteiger charge is 2.25. The number of amides is 1. The maximum absolute atomic E-state index is 12.5. The van der Waals surface area contributed by atoms with Crippen molar-refractivity contribution in [1.82, 2.24) is 10.2 Å². The number of nitrogens with one attached hydrogen (secondary N) is 1. The van der Waals surface area contributed by atoms with Crippen molar-refractivity contribution in [2.45, 2.75) is 12.8 Å². The quantitative estimate of drug-likeness (QED) is 0.915. The molecule has 1 atom stereocenters. The molecule has 0 saturated carbocycles. The minimum Gasteiger partial charge on any atom is -0.338 e. The summed E-state index contributed by atoms with van der Waals surface area (Å²) < 4.78 is 0. The van der Waals surface area contributed by atoms with Crippen LogP contribution in [0.25, 0.3) is 0 Å². The summed E-state index contributed by atoms with van der Waals surface area (Å²) in [4.78, 5) is 14.4. The van der Waals surface area contributed by atoms with E-state index >= 15 is 0 Å². The zero-order chi connectivity index (χ0) is 13.8. The molecular weight excluding hydrogens is 319 g/mol. The van der Waals surface area contributed by atoms with E-state index in [0.717, 1.165) is 32.5 Å². The van der Waals surface area contributed by atoms with E-state index in [1.165, 1.54) is 0 Å². The molecule has 0 bridgehead atoms. The summed E-state index contributed by atoms with van der Waals surface area (Å²) in [6.07, 6.45) is 2.20. The summed E-state index contributed by atoms with van der Waals surface area (Å²) in [7, 11) is 1.94. The third-order valence-corrected chi connectivity index (χ3v) is 4.02. The maximum atomic E-state index is 12.5. The van der Waals surface area contributed by atoms with Gasteiger partial charge >= 0.3 is 0 Å². The van der Waals surface area contributed by atoms with Crippen LogP contribution in [0.4, 0.5) is 0 Å². The highest BCUT2D eigenvalue weighted by atomic mass is 35.5. The predicted octanol–water partition coefficient (Wildman–Crippen LogP) is 3.49. The molecule has 0 spiro atoms. The second-order valence-corrected chi connectivity index (χ2v) is 5.78. The Morgan fingerprint density at radius 1 is 1.45 bits per heavy atom. The standard InChI is InChI=1S/C14H18Cl2N2O.ClH/c1-17-8-10-3-2-6-18(9-10)14(19)12-7-11(15)4-5-13(12)16;/h4-5,7,10,17H,2-3,6,8-9H2,1H3;1H. The van der Waals surface area contributed by atoms with Crippen molar-refractivity contribution in [2.24, 2.45) is 5.92 Å². The summed E-state index contributed by atoms with van der Waals surface area (Å²) in [6.45, 7) is 2.51. The van der Waals surface area contributed by atoms with Gasteiger partial charge in [0.1, 0.15) is 0 Å². The van der Waals surface area contributed by atoms with Gasteiger partial charge in [-0.15, -0.1) is 12.4 Å². The van der Waals surface area contributed by atoms with Crippen molar-refractivity contribution in [3.63, 3.8) is 0 Å². The SMILES string of the molecule is CNCC1CCCN(C(=O)c2cc(Cl)ccc2Cl)C1.Cl. The molecule has 0 aliphatic carbocycles. The molecule has 6 heteroatoms. The van der Waals surface area contributed by atoms with Gasteiger partial charge in [0.05, 0.1) is 10.6 Å². The number of hydrogen-bond acceptors (Lipinski definition) is 2. The van der Waals surface area contributed by atoms with Crippen LogP contribution in [0.2, 0.25) is 10.0 Å². The minimum absolute atomic E-state index is 0. The van der Waals surface area contributed by atoms with Crippen molar-refractivity contribution < 1.29 is 4.79 Å². The lowest BCUT2D eigenvalue weighted by atomic mass is 9.97. The molecule has 1 aromatic carbocycles. The summed E-state index contributed by atoms with van der Waals surface area (Å²) in [5.41, 5.74) is 0.499. The largest absolute Gasteiger partial charge is 0.338 e. The van der Waals surface area contributed by atoms with Crippen LogP contribution in [0.15, 0.2) is 18.2 Å². The molecule has 1 unspecified atom stereocenters. The third-order valence-electron chi connectivity index (χ3n) is 3.46. The molecule has 1 aliphatic rings. The monoisotopic (exact) mass is 336 g/mol. The Bertz CT molecular complexity index is 466. The van der Waals surface area contributed by atoms with Gasteiger partial charge in [-0.25, -0.2) is 0 Å². The average Bonchev–Trinajstić information content (AvgIpc) is 2.41. The fraction of sp³-hybridized carbons (Fsp3) is 0.500. The molecule has 3 nitrogen and oxygen atoms in total. The van der Waals surface area contributed by atoms with E-state index in [2.05, 4.69) is 5.32 Å². The third kappa shape index (κ3) is 4.26. The van der Waals surface area contributed by atoms with Crippen molar-refractivity contribution in [1.29, 1.82) is 0 Å². The van der Waals surface area contributed by atoms with Crippen LogP contribution in [0.5, 0.6) is 0 Å². The molecule has 0 aromatic heterocycles. The Hall–Kier alpha value is -0.480.